The number of nitrogens with one attached hydrogen (secondary N) is 2. The van der Waals surface area contributed by atoms with E-state index < -0.39 is 0 Å². The number of rotatable bonds is 3. The molecular weight excluding hydrogens is 312 g/mol. The largest absolute Gasteiger partial charge is 0.338 e. The Balaban J connectivity index is 1.71. The number of H-pyrrole nitrogens is 1. The highest BCUT2D eigenvalue weighted by atomic mass is 15.2. The van der Waals surface area contributed by atoms with Gasteiger partial charge in [-0.05, 0) is 42.5 Å². The lowest BCUT2D eigenvalue weighted by atomic mass is 10.2. The zero-order valence-electron chi connectivity index (χ0n) is 13.2. The summed E-state index contributed by atoms with van der Waals surface area (Å²) in [4.78, 5) is 7.88. The van der Waals surface area contributed by atoms with Gasteiger partial charge in [0.2, 0.25) is 0 Å². The molecule has 0 saturated heterocycles. The van der Waals surface area contributed by atoms with Crippen LogP contribution >= 0.6 is 0 Å². The topological polar surface area (TPSA) is 70.9 Å². The molecule has 0 saturated carbocycles. The third-order valence-electron chi connectivity index (χ3n) is 4.19. The van der Waals surface area contributed by atoms with Crippen LogP contribution in [0.1, 0.15) is 0 Å². The summed E-state index contributed by atoms with van der Waals surface area (Å²) in [6.07, 6.45) is 3.62. The van der Waals surface area contributed by atoms with Gasteiger partial charge in [-0.2, -0.15) is 0 Å². The van der Waals surface area contributed by atoms with Crippen molar-refractivity contribution >= 4 is 28.1 Å². The van der Waals surface area contributed by atoms with Gasteiger partial charge in [-0.3, -0.25) is 0 Å². The first-order valence-corrected chi connectivity index (χ1v) is 7.98. The maximum Gasteiger partial charge on any atom is 0.161 e. The molecule has 0 aliphatic heterocycles. The predicted octanol–water partition coefficient (Wildman–Crippen LogP) is 4.02. The van der Waals surface area contributed by atoms with Crippen LogP contribution in [0, 0.1) is 0 Å². The summed E-state index contributed by atoms with van der Waals surface area (Å²) in [6, 6.07) is 20.2. The van der Waals surface area contributed by atoms with Gasteiger partial charge in [0, 0.05) is 17.4 Å². The molecule has 6 heteroatoms. The van der Waals surface area contributed by atoms with Crippen LogP contribution in [0.5, 0.6) is 0 Å². The van der Waals surface area contributed by atoms with Gasteiger partial charge in [-0.15, -0.1) is 10.2 Å². The average Bonchev–Trinajstić information content (AvgIpc) is 3.34. The molecule has 0 atom stereocenters. The molecule has 25 heavy (non-hydrogen) atoms. The maximum absolute atomic E-state index is 4.85. The van der Waals surface area contributed by atoms with E-state index in [0.717, 1.165) is 39.4 Å². The van der Waals surface area contributed by atoms with Crippen molar-refractivity contribution < 1.29 is 0 Å². The zero-order chi connectivity index (χ0) is 16.6. The first-order valence-electron chi connectivity index (χ1n) is 7.98. The summed E-state index contributed by atoms with van der Waals surface area (Å²) in [5.41, 5.74) is 4.92. The second-order valence-electron chi connectivity index (χ2n) is 5.76. The quantitative estimate of drug-likeness (QED) is 0.525. The molecule has 0 aliphatic carbocycles. The van der Waals surface area contributed by atoms with Crippen molar-refractivity contribution in [3.63, 3.8) is 0 Å². The lowest BCUT2D eigenvalue weighted by Gasteiger charge is -2.11. The number of para-hydroxylation sites is 1. The van der Waals surface area contributed by atoms with Crippen molar-refractivity contribution in [3.8, 4) is 11.4 Å². The number of nitrogens with zero attached hydrogens (tertiary/aromatic N) is 4. The molecular formula is C19H14N6. The Morgan fingerprint density at radius 3 is 2.68 bits per heavy atom. The molecule has 6 nitrogen and oxygen atoms in total. The molecule has 0 spiro atoms. The first-order chi connectivity index (χ1) is 12.4. The highest BCUT2D eigenvalue weighted by molar-refractivity contribution is 5.88. The molecule has 0 amide bonds. The Morgan fingerprint density at radius 2 is 1.84 bits per heavy atom. The second kappa shape index (κ2) is 5.45. The summed E-state index contributed by atoms with van der Waals surface area (Å²) < 4.78 is 2.14. The monoisotopic (exact) mass is 326 g/mol. The SMILES string of the molecule is c1ccc(Nc2nc3cc(-c4nnc[nH]4)ccc3n3cccc23)cc1. The van der Waals surface area contributed by atoms with Crippen LogP contribution in [0.3, 0.4) is 0 Å². The van der Waals surface area contributed by atoms with Crippen molar-refractivity contribution in [2.24, 2.45) is 0 Å². The third kappa shape index (κ3) is 2.31. The van der Waals surface area contributed by atoms with Gasteiger partial charge in [0.15, 0.2) is 11.6 Å². The maximum atomic E-state index is 4.85. The third-order valence-corrected chi connectivity index (χ3v) is 4.19. The Hall–Kier alpha value is -3.67. The van der Waals surface area contributed by atoms with Crippen LogP contribution in [0.25, 0.3) is 27.9 Å². The van der Waals surface area contributed by atoms with E-state index in [2.05, 4.69) is 37.0 Å². The molecule has 120 valence electrons. The molecule has 2 N–H and O–H groups in total. The Morgan fingerprint density at radius 1 is 0.920 bits per heavy atom. The van der Waals surface area contributed by atoms with Gasteiger partial charge in [0.1, 0.15) is 6.33 Å². The summed E-state index contributed by atoms with van der Waals surface area (Å²) in [7, 11) is 0. The average molecular weight is 326 g/mol. The molecule has 3 heterocycles. The number of aromatic amines is 1. The lowest BCUT2D eigenvalue weighted by Crippen LogP contribution is -1.99. The number of aromatic nitrogens is 5. The van der Waals surface area contributed by atoms with E-state index in [-0.39, 0.29) is 0 Å². The van der Waals surface area contributed by atoms with Crippen LogP contribution in [-0.2, 0) is 0 Å². The molecule has 0 aliphatic rings. The molecule has 0 radical (unpaired) electrons. The van der Waals surface area contributed by atoms with E-state index in [1.54, 1.807) is 6.33 Å². The number of anilines is 2. The van der Waals surface area contributed by atoms with Crippen LogP contribution < -0.4 is 5.32 Å². The fourth-order valence-electron chi connectivity index (χ4n) is 3.02. The fourth-order valence-corrected chi connectivity index (χ4v) is 3.02. The van der Waals surface area contributed by atoms with Gasteiger partial charge in [0.25, 0.3) is 0 Å². The van der Waals surface area contributed by atoms with Crippen LogP contribution in [0.15, 0.2) is 73.2 Å². The van der Waals surface area contributed by atoms with Crippen LogP contribution in [-0.4, -0.2) is 24.6 Å². The summed E-state index contributed by atoms with van der Waals surface area (Å²) >= 11 is 0. The normalized spacial score (nSPS) is 11.2. The fraction of sp³-hybridized carbons (Fsp3) is 0. The highest BCUT2D eigenvalue weighted by Crippen LogP contribution is 2.27. The molecule has 0 fully saturated rings. The Kier molecular flexibility index (Phi) is 3.00. The smallest absolute Gasteiger partial charge is 0.161 e. The van der Waals surface area contributed by atoms with Crippen LogP contribution in [0.4, 0.5) is 11.5 Å². The highest BCUT2D eigenvalue weighted by Gasteiger charge is 2.10. The minimum Gasteiger partial charge on any atom is -0.338 e. The van der Waals surface area contributed by atoms with E-state index in [1.165, 1.54) is 0 Å². The van der Waals surface area contributed by atoms with Crippen molar-refractivity contribution in [2.75, 3.05) is 5.32 Å². The summed E-state index contributed by atoms with van der Waals surface area (Å²) in [6.45, 7) is 0. The number of fused-ring (bicyclic) bond motifs is 3. The summed E-state index contributed by atoms with van der Waals surface area (Å²) in [5.74, 6) is 1.55. The standard InChI is InChI=1S/C19H14N6/c1-2-5-14(6-3-1)22-19-17-7-4-10-25(17)16-9-8-13(11-15(16)23-19)18-20-12-21-24-18/h1-12H,(H,22,23)(H,20,21,24). The van der Waals surface area contributed by atoms with Crippen molar-refractivity contribution in [1.82, 2.24) is 24.6 Å². The lowest BCUT2D eigenvalue weighted by molar-refractivity contribution is 1.09. The van der Waals surface area contributed by atoms with Gasteiger partial charge in [-0.25, -0.2) is 4.98 Å². The minimum absolute atomic E-state index is 0.730. The van der Waals surface area contributed by atoms with Gasteiger partial charge in [0.05, 0.1) is 16.6 Å². The van der Waals surface area contributed by atoms with Crippen molar-refractivity contribution in [2.45, 2.75) is 0 Å². The first kappa shape index (κ1) is 13.7. The van der Waals surface area contributed by atoms with E-state index >= 15 is 0 Å². The van der Waals surface area contributed by atoms with E-state index in [4.69, 9.17) is 4.98 Å². The number of benzene rings is 2. The Labute approximate surface area is 143 Å². The molecule has 0 unspecified atom stereocenters. The summed E-state index contributed by atoms with van der Waals surface area (Å²) in [5, 5.41) is 11.3. The van der Waals surface area contributed by atoms with Crippen molar-refractivity contribution in [3.05, 3.63) is 73.2 Å². The van der Waals surface area contributed by atoms with E-state index in [9.17, 15) is 0 Å². The van der Waals surface area contributed by atoms with Crippen LogP contribution in [0.2, 0.25) is 0 Å². The molecule has 2 aromatic carbocycles. The molecule has 0 bridgehead atoms. The van der Waals surface area contributed by atoms with E-state index in [1.807, 2.05) is 54.7 Å². The Bertz CT molecular complexity index is 1160. The van der Waals surface area contributed by atoms with Gasteiger partial charge < -0.3 is 14.7 Å². The molecule has 5 aromatic rings. The van der Waals surface area contributed by atoms with E-state index in [0.29, 0.717) is 0 Å². The second-order valence-corrected chi connectivity index (χ2v) is 5.76. The van der Waals surface area contributed by atoms with Crippen molar-refractivity contribution in [1.29, 1.82) is 0 Å². The predicted molar refractivity (Wildman–Crippen MR) is 97.8 cm³/mol. The number of hydrogen-bond acceptors (Lipinski definition) is 4. The number of hydrogen-bond donors (Lipinski definition) is 2. The van der Waals surface area contributed by atoms with Gasteiger partial charge in [-0.1, -0.05) is 18.2 Å². The minimum atomic E-state index is 0.730. The van der Waals surface area contributed by atoms with Gasteiger partial charge >= 0.3 is 0 Å². The molecule has 3 aromatic heterocycles. The zero-order valence-corrected chi connectivity index (χ0v) is 13.2. The molecule has 5 rings (SSSR count).